The molecule has 0 saturated heterocycles. The molecular weight excluding hydrogens is 774 g/mol. The Morgan fingerprint density at radius 1 is 0.517 bits per heavy atom. The highest BCUT2D eigenvalue weighted by Crippen LogP contribution is 2.43. The molecule has 0 rings (SSSR count). The Bertz CT molecular complexity index is 1210. The van der Waals surface area contributed by atoms with Gasteiger partial charge in [-0.25, -0.2) is 4.57 Å². The fraction of sp³-hybridized carbons (Fsp3) is 0.760. The largest absolute Gasteiger partial charge is 0.472 e. The van der Waals surface area contributed by atoms with Gasteiger partial charge in [0.1, 0.15) is 19.8 Å². The van der Waals surface area contributed by atoms with E-state index in [0.717, 1.165) is 70.6 Å². The third-order valence-electron chi connectivity index (χ3n) is 10.0. The van der Waals surface area contributed by atoms with Crippen molar-refractivity contribution in [3.05, 3.63) is 60.8 Å². The second-order valence-electron chi connectivity index (χ2n) is 17.1. The quantitative estimate of drug-likeness (QED) is 0.0212. The summed E-state index contributed by atoms with van der Waals surface area (Å²) in [6.07, 6.45) is 51.2. The van der Waals surface area contributed by atoms with E-state index < -0.39 is 32.5 Å². The molecule has 0 aliphatic rings. The summed E-state index contributed by atoms with van der Waals surface area (Å²) in [6, 6.07) is 0. The molecule has 348 valence electrons. The maximum atomic E-state index is 12.7. The summed E-state index contributed by atoms with van der Waals surface area (Å²) in [5, 5.41) is 0. The van der Waals surface area contributed by atoms with Gasteiger partial charge in [-0.15, -0.1) is 0 Å². The first-order valence-electron chi connectivity index (χ1n) is 24.0. The first kappa shape index (κ1) is 57.7. The second-order valence-corrected chi connectivity index (χ2v) is 18.6. The Hall–Kier alpha value is -2.29. The normalized spacial score (nSPS) is 14.0. The van der Waals surface area contributed by atoms with Gasteiger partial charge in [0.05, 0.1) is 27.7 Å². The fourth-order valence-electron chi connectivity index (χ4n) is 6.23. The van der Waals surface area contributed by atoms with Crippen LogP contribution >= 0.6 is 7.82 Å². The van der Waals surface area contributed by atoms with Crippen molar-refractivity contribution in [2.45, 2.75) is 200 Å². The minimum Gasteiger partial charge on any atom is -0.462 e. The fourth-order valence-corrected chi connectivity index (χ4v) is 6.97. The summed E-state index contributed by atoms with van der Waals surface area (Å²) < 4.78 is 34.4. The first-order chi connectivity index (χ1) is 29.0. The lowest BCUT2D eigenvalue weighted by Crippen LogP contribution is -2.37. The molecule has 0 amide bonds. The Morgan fingerprint density at radius 3 is 1.33 bits per heavy atom. The minimum absolute atomic E-state index is 0.0247. The molecule has 0 fully saturated rings. The molecule has 0 spiro atoms. The Labute approximate surface area is 368 Å². The Balaban J connectivity index is 4.36. The Kier molecular flexibility index (Phi) is 40.4. The Morgan fingerprint density at radius 2 is 0.900 bits per heavy atom. The summed E-state index contributed by atoms with van der Waals surface area (Å²) in [6.45, 7) is 4.34. The predicted molar refractivity (Wildman–Crippen MR) is 252 cm³/mol. The zero-order valence-electron chi connectivity index (χ0n) is 39.2. The number of unbranched alkanes of at least 4 members (excludes halogenated alkanes) is 19. The summed E-state index contributed by atoms with van der Waals surface area (Å²) in [5.41, 5.74) is 0. The lowest BCUT2D eigenvalue weighted by molar-refractivity contribution is -0.870. The molecule has 0 aliphatic carbocycles. The van der Waals surface area contributed by atoms with Crippen LogP contribution in [0.1, 0.15) is 194 Å². The van der Waals surface area contributed by atoms with Crippen LogP contribution in [-0.2, 0) is 32.7 Å². The molecule has 1 N–H and O–H groups in total. The van der Waals surface area contributed by atoms with Gasteiger partial charge in [0.15, 0.2) is 6.10 Å². The van der Waals surface area contributed by atoms with Gasteiger partial charge in [0, 0.05) is 12.8 Å². The highest BCUT2D eigenvalue weighted by atomic mass is 31.2. The lowest BCUT2D eigenvalue weighted by Gasteiger charge is -2.24. The molecule has 0 saturated carbocycles. The van der Waals surface area contributed by atoms with Crippen LogP contribution in [0.15, 0.2) is 60.8 Å². The number of phosphoric ester groups is 1. The first-order valence-corrected chi connectivity index (χ1v) is 25.5. The molecule has 0 aromatic carbocycles. The van der Waals surface area contributed by atoms with E-state index >= 15 is 0 Å². The number of ether oxygens (including phenoxy) is 2. The van der Waals surface area contributed by atoms with E-state index in [2.05, 4.69) is 74.6 Å². The summed E-state index contributed by atoms with van der Waals surface area (Å²) in [7, 11) is 1.45. The summed E-state index contributed by atoms with van der Waals surface area (Å²) >= 11 is 0. The molecule has 0 bridgehead atoms. The van der Waals surface area contributed by atoms with E-state index in [0.29, 0.717) is 23.9 Å². The average Bonchev–Trinajstić information content (AvgIpc) is 3.20. The predicted octanol–water partition coefficient (Wildman–Crippen LogP) is 14.0. The average molecular weight is 865 g/mol. The number of quaternary nitrogens is 1. The maximum Gasteiger partial charge on any atom is 0.472 e. The van der Waals surface area contributed by atoms with E-state index in [9.17, 15) is 19.0 Å². The van der Waals surface area contributed by atoms with Crippen LogP contribution in [-0.4, -0.2) is 74.9 Å². The molecule has 0 aromatic rings. The number of hydrogen-bond donors (Lipinski definition) is 1. The van der Waals surface area contributed by atoms with Crippen molar-refractivity contribution < 1.29 is 42.1 Å². The van der Waals surface area contributed by atoms with Gasteiger partial charge in [0.2, 0.25) is 0 Å². The smallest absolute Gasteiger partial charge is 0.462 e. The third kappa shape index (κ3) is 45.2. The molecule has 10 heteroatoms. The van der Waals surface area contributed by atoms with Crippen LogP contribution in [0.3, 0.4) is 0 Å². The lowest BCUT2D eigenvalue weighted by atomic mass is 10.1. The number of carbonyl (C=O) groups excluding carboxylic acids is 2. The summed E-state index contributed by atoms with van der Waals surface area (Å²) in [4.78, 5) is 35.5. The summed E-state index contributed by atoms with van der Waals surface area (Å²) in [5.74, 6) is -0.830. The number of likely N-dealkylation sites (N-methyl/N-ethyl adjacent to an activating group) is 1. The van der Waals surface area contributed by atoms with Crippen LogP contribution in [0.4, 0.5) is 0 Å². The molecule has 0 heterocycles. The van der Waals surface area contributed by atoms with Crippen molar-refractivity contribution in [3.63, 3.8) is 0 Å². The zero-order valence-corrected chi connectivity index (χ0v) is 40.1. The number of nitrogens with zero attached hydrogens (tertiary/aromatic N) is 1. The van der Waals surface area contributed by atoms with Crippen LogP contribution in [0, 0.1) is 0 Å². The van der Waals surface area contributed by atoms with Crippen LogP contribution in [0.2, 0.25) is 0 Å². The third-order valence-corrected chi connectivity index (χ3v) is 11.0. The van der Waals surface area contributed by atoms with Crippen molar-refractivity contribution in [1.82, 2.24) is 0 Å². The van der Waals surface area contributed by atoms with Crippen molar-refractivity contribution in [2.75, 3.05) is 47.5 Å². The van der Waals surface area contributed by atoms with Crippen LogP contribution in [0.5, 0.6) is 0 Å². The van der Waals surface area contributed by atoms with Gasteiger partial charge in [-0.05, 0) is 83.5 Å². The molecule has 9 nitrogen and oxygen atoms in total. The van der Waals surface area contributed by atoms with Gasteiger partial charge < -0.3 is 18.9 Å². The molecule has 2 atom stereocenters. The van der Waals surface area contributed by atoms with Crippen molar-refractivity contribution in [1.29, 1.82) is 0 Å². The molecular formula is C50H91NO8P+. The number of phosphoric acid groups is 1. The number of esters is 2. The molecule has 60 heavy (non-hydrogen) atoms. The number of carbonyl (C=O) groups is 2. The number of allylic oxidation sites excluding steroid dienone is 10. The van der Waals surface area contributed by atoms with Gasteiger partial charge >= 0.3 is 19.8 Å². The minimum atomic E-state index is -4.39. The van der Waals surface area contributed by atoms with Crippen molar-refractivity contribution in [3.8, 4) is 0 Å². The van der Waals surface area contributed by atoms with Crippen LogP contribution < -0.4 is 0 Å². The van der Waals surface area contributed by atoms with E-state index in [1.54, 1.807) is 0 Å². The standard InChI is InChI=1S/C50H90NO8P/c1-6-8-10-12-14-16-18-20-22-24-25-27-29-31-33-35-37-39-41-43-50(53)59-48(47-58-60(54,55)57-45-44-51(3,4)5)46-56-49(52)42-40-38-36-34-32-30-28-26-23-21-19-17-15-13-11-9-7-2/h14-17,20-23,28,30,48H,6-13,18-19,24-27,29,31-47H2,1-5H3/p+1/b16-14+,17-15+,22-20+,23-21+,30-28+/t48-/m1/s1. The number of hydrogen-bond acceptors (Lipinski definition) is 7. The molecule has 1 unspecified atom stereocenters. The van der Waals surface area contributed by atoms with Gasteiger partial charge in [-0.2, -0.15) is 0 Å². The zero-order chi connectivity index (χ0) is 44.3. The van der Waals surface area contributed by atoms with Gasteiger partial charge in [-0.3, -0.25) is 18.6 Å². The topological polar surface area (TPSA) is 108 Å². The van der Waals surface area contributed by atoms with Crippen LogP contribution in [0.25, 0.3) is 0 Å². The van der Waals surface area contributed by atoms with E-state index in [4.69, 9.17) is 18.5 Å². The molecule has 0 radical (unpaired) electrons. The highest BCUT2D eigenvalue weighted by Gasteiger charge is 2.27. The van der Waals surface area contributed by atoms with Crippen molar-refractivity contribution in [2.24, 2.45) is 0 Å². The van der Waals surface area contributed by atoms with E-state index in [-0.39, 0.29) is 26.1 Å². The van der Waals surface area contributed by atoms with E-state index in [1.165, 1.54) is 83.5 Å². The van der Waals surface area contributed by atoms with E-state index in [1.807, 2.05) is 21.1 Å². The SMILES string of the molecule is CCCCC/C=C/C/C=C/C/C=C/CCCCCCC(=O)OC[C@H](COP(=O)(O)OCC[N+](C)(C)C)OC(=O)CCCCCCCCCCC/C=C/C/C=C/CCCCC. The monoisotopic (exact) mass is 865 g/mol. The molecule has 0 aromatic heterocycles. The van der Waals surface area contributed by atoms with Gasteiger partial charge in [0.25, 0.3) is 0 Å². The maximum absolute atomic E-state index is 12.7. The second kappa shape index (κ2) is 42.0. The van der Waals surface area contributed by atoms with Crippen molar-refractivity contribution >= 4 is 19.8 Å². The highest BCUT2D eigenvalue weighted by molar-refractivity contribution is 7.47. The van der Waals surface area contributed by atoms with Gasteiger partial charge in [-0.1, -0.05) is 158 Å². The molecule has 0 aliphatic heterocycles. The number of rotatable bonds is 43.